The number of aryl methyl sites for hydroxylation is 2. The molecule has 0 spiro atoms. The van der Waals surface area contributed by atoms with Crippen molar-refractivity contribution in [1.82, 2.24) is 9.97 Å². The van der Waals surface area contributed by atoms with E-state index in [4.69, 9.17) is 16.3 Å². The van der Waals surface area contributed by atoms with Gasteiger partial charge in [-0.2, -0.15) is 0 Å². The lowest BCUT2D eigenvalue weighted by Crippen LogP contribution is -2.49. The Morgan fingerprint density at radius 2 is 2.28 bits per heavy atom. The third-order valence-corrected chi connectivity index (χ3v) is 3.56. The summed E-state index contributed by atoms with van der Waals surface area (Å²) in [6, 6.07) is 2.39. The quantitative estimate of drug-likeness (QED) is 0.789. The van der Waals surface area contributed by atoms with Crippen LogP contribution in [0.3, 0.4) is 0 Å². The molecule has 0 amide bonds. The fraction of sp³-hybridized carbons (Fsp3) is 0.692. The minimum Gasteiger partial charge on any atom is -0.373 e. The second-order valence-corrected chi connectivity index (χ2v) is 5.04. The van der Waals surface area contributed by atoms with Crippen LogP contribution in [0.2, 0.25) is 0 Å². The third-order valence-electron chi connectivity index (χ3n) is 3.21. The standard InChI is InChI=1S/C13H20ClN3O/c1-4-11-5-13(16-10(3)15-11)17-7-12(6-14)18-8-9(17)2/h5,9,12H,4,6-8H2,1-3H3. The Bertz CT molecular complexity index is 413. The number of hydrogen-bond acceptors (Lipinski definition) is 4. The number of morpholine rings is 1. The molecule has 0 aliphatic carbocycles. The molecule has 0 radical (unpaired) electrons. The molecule has 0 aromatic carbocycles. The van der Waals surface area contributed by atoms with E-state index in [1.807, 2.05) is 6.92 Å². The van der Waals surface area contributed by atoms with Gasteiger partial charge in [-0.1, -0.05) is 6.92 Å². The number of ether oxygens (including phenoxy) is 1. The Morgan fingerprint density at radius 3 is 2.94 bits per heavy atom. The van der Waals surface area contributed by atoms with Crippen LogP contribution >= 0.6 is 11.6 Å². The lowest BCUT2D eigenvalue weighted by molar-refractivity contribution is 0.0361. The van der Waals surface area contributed by atoms with Crippen LogP contribution in [0, 0.1) is 6.92 Å². The van der Waals surface area contributed by atoms with Crippen LogP contribution in [0.15, 0.2) is 6.07 Å². The maximum absolute atomic E-state index is 5.89. The van der Waals surface area contributed by atoms with Crippen LogP contribution in [0.25, 0.3) is 0 Å². The molecule has 1 aliphatic heterocycles. The molecule has 18 heavy (non-hydrogen) atoms. The monoisotopic (exact) mass is 269 g/mol. The summed E-state index contributed by atoms with van der Waals surface area (Å²) in [5, 5.41) is 0. The number of alkyl halides is 1. The van der Waals surface area contributed by atoms with E-state index in [-0.39, 0.29) is 6.10 Å². The van der Waals surface area contributed by atoms with Gasteiger partial charge in [0.1, 0.15) is 11.6 Å². The van der Waals surface area contributed by atoms with Gasteiger partial charge in [0.2, 0.25) is 0 Å². The van der Waals surface area contributed by atoms with E-state index in [2.05, 4.69) is 34.8 Å². The second-order valence-electron chi connectivity index (χ2n) is 4.73. The van der Waals surface area contributed by atoms with Crippen molar-refractivity contribution < 1.29 is 4.74 Å². The van der Waals surface area contributed by atoms with E-state index >= 15 is 0 Å². The van der Waals surface area contributed by atoms with Crippen molar-refractivity contribution in [2.75, 3.05) is 23.9 Å². The molecule has 2 heterocycles. The maximum atomic E-state index is 5.89. The molecule has 2 rings (SSSR count). The van der Waals surface area contributed by atoms with E-state index in [9.17, 15) is 0 Å². The van der Waals surface area contributed by atoms with Gasteiger partial charge >= 0.3 is 0 Å². The van der Waals surface area contributed by atoms with Crippen molar-refractivity contribution in [3.63, 3.8) is 0 Å². The number of halogens is 1. The van der Waals surface area contributed by atoms with Gasteiger partial charge < -0.3 is 9.64 Å². The van der Waals surface area contributed by atoms with Crippen molar-refractivity contribution in [3.8, 4) is 0 Å². The van der Waals surface area contributed by atoms with Gasteiger partial charge in [-0.25, -0.2) is 9.97 Å². The van der Waals surface area contributed by atoms with E-state index in [1.54, 1.807) is 0 Å². The fourth-order valence-electron chi connectivity index (χ4n) is 2.17. The normalized spacial score (nSPS) is 24.3. The Hall–Kier alpha value is -0.870. The molecule has 1 aliphatic rings. The first-order valence-corrected chi connectivity index (χ1v) is 6.96. The molecule has 5 heteroatoms. The predicted molar refractivity (Wildman–Crippen MR) is 73.4 cm³/mol. The third kappa shape index (κ3) is 2.93. The number of anilines is 1. The van der Waals surface area contributed by atoms with Crippen LogP contribution in [0.5, 0.6) is 0 Å². The van der Waals surface area contributed by atoms with Crippen molar-refractivity contribution >= 4 is 17.4 Å². The van der Waals surface area contributed by atoms with Gasteiger partial charge in [0.15, 0.2) is 0 Å². The van der Waals surface area contributed by atoms with E-state index in [1.165, 1.54) is 0 Å². The molecule has 100 valence electrons. The van der Waals surface area contributed by atoms with Gasteiger partial charge in [-0.3, -0.25) is 0 Å². The van der Waals surface area contributed by atoms with Crippen molar-refractivity contribution in [1.29, 1.82) is 0 Å². The first-order chi connectivity index (χ1) is 8.63. The van der Waals surface area contributed by atoms with Crippen molar-refractivity contribution in [3.05, 3.63) is 17.6 Å². The summed E-state index contributed by atoms with van der Waals surface area (Å²) in [6.45, 7) is 7.68. The highest BCUT2D eigenvalue weighted by Gasteiger charge is 2.26. The van der Waals surface area contributed by atoms with Crippen LogP contribution in [-0.4, -0.2) is 41.1 Å². The summed E-state index contributed by atoms with van der Waals surface area (Å²) in [4.78, 5) is 11.2. The maximum Gasteiger partial charge on any atom is 0.132 e. The molecule has 0 bridgehead atoms. The molecule has 4 nitrogen and oxygen atoms in total. The van der Waals surface area contributed by atoms with Crippen LogP contribution in [0.1, 0.15) is 25.4 Å². The Morgan fingerprint density at radius 1 is 1.50 bits per heavy atom. The van der Waals surface area contributed by atoms with Gasteiger partial charge in [0, 0.05) is 18.3 Å². The molecule has 2 unspecified atom stereocenters. The summed E-state index contributed by atoms with van der Waals surface area (Å²) in [5.74, 6) is 2.34. The lowest BCUT2D eigenvalue weighted by atomic mass is 10.2. The van der Waals surface area contributed by atoms with Gasteiger partial charge in [0.05, 0.1) is 24.6 Å². The molecule has 1 aromatic heterocycles. The molecule has 0 saturated carbocycles. The van der Waals surface area contributed by atoms with Crippen molar-refractivity contribution in [2.45, 2.75) is 39.3 Å². The average molecular weight is 270 g/mol. The highest BCUT2D eigenvalue weighted by molar-refractivity contribution is 6.18. The smallest absolute Gasteiger partial charge is 0.132 e. The zero-order chi connectivity index (χ0) is 13.1. The molecule has 1 aromatic rings. The van der Waals surface area contributed by atoms with E-state index < -0.39 is 0 Å². The lowest BCUT2D eigenvalue weighted by Gasteiger charge is -2.38. The van der Waals surface area contributed by atoms with E-state index in [0.717, 1.165) is 30.3 Å². The molecule has 2 atom stereocenters. The summed E-state index contributed by atoms with van der Waals surface area (Å²) in [7, 11) is 0. The number of rotatable bonds is 3. The Kier molecular flexibility index (Phi) is 4.40. The van der Waals surface area contributed by atoms with Crippen molar-refractivity contribution in [2.24, 2.45) is 0 Å². The summed E-state index contributed by atoms with van der Waals surface area (Å²) in [5.41, 5.74) is 1.08. The second kappa shape index (κ2) is 5.85. The molecular formula is C13H20ClN3O. The Balaban J connectivity index is 2.25. The molecule has 0 N–H and O–H groups in total. The number of nitrogens with zero attached hydrogens (tertiary/aromatic N) is 3. The minimum absolute atomic E-state index is 0.0863. The summed E-state index contributed by atoms with van der Waals surface area (Å²) < 4.78 is 5.66. The van der Waals surface area contributed by atoms with Gasteiger partial charge in [0.25, 0.3) is 0 Å². The predicted octanol–water partition coefficient (Wildman–Crippen LogP) is 2.18. The first-order valence-electron chi connectivity index (χ1n) is 6.42. The largest absolute Gasteiger partial charge is 0.373 e. The summed E-state index contributed by atoms with van der Waals surface area (Å²) in [6.07, 6.45) is 1.01. The molecule has 1 fully saturated rings. The molecular weight excluding hydrogens is 250 g/mol. The fourth-order valence-corrected chi connectivity index (χ4v) is 2.36. The topological polar surface area (TPSA) is 38.2 Å². The van der Waals surface area contributed by atoms with Crippen LogP contribution < -0.4 is 4.90 Å². The zero-order valence-corrected chi connectivity index (χ0v) is 11.9. The molecule has 1 saturated heterocycles. The van der Waals surface area contributed by atoms with Crippen LogP contribution in [0.4, 0.5) is 5.82 Å². The van der Waals surface area contributed by atoms with Gasteiger partial charge in [-0.15, -0.1) is 11.6 Å². The SMILES string of the molecule is CCc1cc(N2CC(CCl)OCC2C)nc(C)n1. The first kappa shape index (κ1) is 13.6. The summed E-state index contributed by atoms with van der Waals surface area (Å²) >= 11 is 5.89. The van der Waals surface area contributed by atoms with Gasteiger partial charge in [-0.05, 0) is 20.3 Å². The number of aromatic nitrogens is 2. The van der Waals surface area contributed by atoms with Crippen LogP contribution in [-0.2, 0) is 11.2 Å². The van der Waals surface area contributed by atoms with E-state index in [0.29, 0.717) is 18.5 Å². The minimum atomic E-state index is 0.0863. The number of hydrogen-bond donors (Lipinski definition) is 0. The average Bonchev–Trinajstić information content (AvgIpc) is 2.38. The Labute approximate surface area is 113 Å². The highest BCUT2D eigenvalue weighted by atomic mass is 35.5. The zero-order valence-electron chi connectivity index (χ0n) is 11.2. The highest BCUT2D eigenvalue weighted by Crippen LogP contribution is 2.21.